The van der Waals surface area contributed by atoms with E-state index in [1.807, 2.05) is 30.3 Å². The highest BCUT2D eigenvalue weighted by molar-refractivity contribution is 6.08. The Kier molecular flexibility index (Phi) is 5.19. The second-order valence-corrected chi connectivity index (χ2v) is 6.88. The fourth-order valence-electron chi connectivity index (χ4n) is 2.99. The lowest BCUT2D eigenvalue weighted by Crippen LogP contribution is -2.27. The molecule has 142 valence electrons. The Bertz CT molecular complexity index is 977. The van der Waals surface area contributed by atoms with Gasteiger partial charge in [0.15, 0.2) is 5.69 Å². The van der Waals surface area contributed by atoms with Crippen LogP contribution in [0, 0.1) is 0 Å². The Balaban J connectivity index is 1.39. The van der Waals surface area contributed by atoms with Crippen molar-refractivity contribution in [2.45, 2.75) is 25.2 Å². The van der Waals surface area contributed by atoms with Gasteiger partial charge in [0, 0.05) is 18.5 Å². The number of carbonyl (C=O) groups excluding carboxylic acids is 2. The molecule has 6 heteroatoms. The van der Waals surface area contributed by atoms with Crippen LogP contribution >= 0.6 is 0 Å². The molecule has 1 fully saturated rings. The summed E-state index contributed by atoms with van der Waals surface area (Å²) in [6.07, 6.45) is 2.88. The first-order chi connectivity index (χ1) is 13.7. The van der Waals surface area contributed by atoms with E-state index < -0.39 is 0 Å². The summed E-state index contributed by atoms with van der Waals surface area (Å²) in [5, 5.41) is 9.51. The number of rotatable bonds is 7. The van der Waals surface area contributed by atoms with Gasteiger partial charge in [0.2, 0.25) is 0 Å². The number of hydrogen-bond acceptors (Lipinski definition) is 4. The van der Waals surface area contributed by atoms with Crippen molar-refractivity contribution in [1.29, 1.82) is 0 Å². The average molecular weight is 375 g/mol. The van der Waals surface area contributed by atoms with Gasteiger partial charge in [-0.05, 0) is 37.0 Å². The SMILES string of the molecule is O=C(Nc1ccccc1C(=O)NCCc1ccccc1)c1cc(C2CC2)on1. The van der Waals surface area contributed by atoms with Gasteiger partial charge >= 0.3 is 0 Å². The second-order valence-electron chi connectivity index (χ2n) is 6.88. The first-order valence-corrected chi connectivity index (χ1v) is 9.40. The molecule has 1 heterocycles. The quantitative estimate of drug-likeness (QED) is 0.658. The maximum atomic E-state index is 12.6. The van der Waals surface area contributed by atoms with Crippen molar-refractivity contribution in [1.82, 2.24) is 10.5 Å². The van der Waals surface area contributed by atoms with Crippen molar-refractivity contribution < 1.29 is 14.1 Å². The Hall–Kier alpha value is -3.41. The summed E-state index contributed by atoms with van der Waals surface area (Å²) >= 11 is 0. The lowest BCUT2D eigenvalue weighted by molar-refractivity contribution is 0.0955. The molecule has 0 atom stereocenters. The molecule has 1 saturated carbocycles. The van der Waals surface area contributed by atoms with Gasteiger partial charge in [-0.2, -0.15) is 0 Å². The second kappa shape index (κ2) is 8.08. The molecule has 2 N–H and O–H groups in total. The molecule has 2 amide bonds. The number of nitrogens with zero attached hydrogens (tertiary/aromatic N) is 1. The highest BCUT2D eigenvalue weighted by Gasteiger charge is 2.29. The molecule has 0 unspecified atom stereocenters. The van der Waals surface area contributed by atoms with Crippen molar-refractivity contribution in [2.75, 3.05) is 11.9 Å². The minimum absolute atomic E-state index is 0.223. The van der Waals surface area contributed by atoms with Gasteiger partial charge in [-0.3, -0.25) is 9.59 Å². The molecule has 0 bridgehead atoms. The summed E-state index contributed by atoms with van der Waals surface area (Å²) < 4.78 is 5.23. The normalized spacial score (nSPS) is 13.1. The summed E-state index contributed by atoms with van der Waals surface area (Å²) in [5.74, 6) is 0.514. The molecule has 0 aliphatic heterocycles. The zero-order valence-electron chi connectivity index (χ0n) is 15.4. The van der Waals surface area contributed by atoms with Crippen LogP contribution in [0.2, 0.25) is 0 Å². The van der Waals surface area contributed by atoms with Gasteiger partial charge in [0.25, 0.3) is 11.8 Å². The predicted molar refractivity (Wildman–Crippen MR) is 105 cm³/mol. The molecule has 2 aromatic carbocycles. The summed E-state index contributed by atoms with van der Waals surface area (Å²) in [7, 11) is 0. The molecule has 3 aromatic rings. The number of carbonyl (C=O) groups is 2. The maximum absolute atomic E-state index is 12.6. The van der Waals surface area contributed by atoms with Crippen LogP contribution in [0.1, 0.15) is 50.9 Å². The van der Waals surface area contributed by atoms with Crippen molar-refractivity contribution in [3.63, 3.8) is 0 Å². The topological polar surface area (TPSA) is 84.2 Å². The highest BCUT2D eigenvalue weighted by Crippen LogP contribution is 2.40. The van der Waals surface area contributed by atoms with Gasteiger partial charge in [-0.15, -0.1) is 0 Å². The average Bonchev–Trinajstić information content (AvgIpc) is 3.45. The van der Waals surface area contributed by atoms with E-state index in [0.717, 1.165) is 30.6 Å². The van der Waals surface area contributed by atoms with E-state index in [0.29, 0.717) is 23.7 Å². The van der Waals surface area contributed by atoms with E-state index in [-0.39, 0.29) is 17.5 Å². The van der Waals surface area contributed by atoms with E-state index in [2.05, 4.69) is 15.8 Å². The Morgan fingerprint density at radius 1 is 1.00 bits per heavy atom. The summed E-state index contributed by atoms with van der Waals surface area (Å²) in [6.45, 7) is 0.513. The van der Waals surface area contributed by atoms with E-state index >= 15 is 0 Å². The van der Waals surface area contributed by atoms with Crippen LogP contribution in [-0.2, 0) is 6.42 Å². The molecule has 1 aliphatic rings. The number of para-hydroxylation sites is 1. The molecule has 0 spiro atoms. The van der Waals surface area contributed by atoms with Crippen LogP contribution in [0.3, 0.4) is 0 Å². The number of amides is 2. The third-order valence-corrected chi connectivity index (χ3v) is 4.70. The van der Waals surface area contributed by atoms with Crippen molar-refractivity contribution in [3.05, 3.63) is 83.2 Å². The number of benzene rings is 2. The number of aromatic nitrogens is 1. The van der Waals surface area contributed by atoms with Gasteiger partial charge in [-0.25, -0.2) is 0 Å². The Morgan fingerprint density at radius 3 is 2.54 bits per heavy atom. The maximum Gasteiger partial charge on any atom is 0.277 e. The molecule has 0 radical (unpaired) electrons. The monoisotopic (exact) mass is 375 g/mol. The zero-order valence-corrected chi connectivity index (χ0v) is 15.4. The highest BCUT2D eigenvalue weighted by atomic mass is 16.5. The van der Waals surface area contributed by atoms with Crippen LogP contribution in [0.4, 0.5) is 5.69 Å². The molecule has 28 heavy (non-hydrogen) atoms. The molecule has 1 aromatic heterocycles. The van der Waals surface area contributed by atoms with Crippen LogP contribution in [-0.4, -0.2) is 23.5 Å². The van der Waals surface area contributed by atoms with Crippen LogP contribution in [0.15, 0.2) is 65.2 Å². The minimum atomic E-state index is -0.389. The lowest BCUT2D eigenvalue weighted by atomic mass is 10.1. The van der Waals surface area contributed by atoms with Gasteiger partial charge < -0.3 is 15.2 Å². The summed E-state index contributed by atoms with van der Waals surface area (Å²) in [5.41, 5.74) is 2.23. The van der Waals surface area contributed by atoms with Gasteiger partial charge in [0.1, 0.15) is 5.76 Å². The van der Waals surface area contributed by atoms with E-state index in [1.165, 1.54) is 0 Å². The number of nitrogens with one attached hydrogen (secondary N) is 2. The fraction of sp³-hybridized carbons (Fsp3) is 0.227. The predicted octanol–water partition coefficient (Wildman–Crippen LogP) is 3.78. The van der Waals surface area contributed by atoms with Crippen LogP contribution < -0.4 is 10.6 Å². The van der Waals surface area contributed by atoms with Gasteiger partial charge in [0.05, 0.1) is 11.3 Å². The van der Waals surface area contributed by atoms with Crippen molar-refractivity contribution in [2.24, 2.45) is 0 Å². The lowest BCUT2D eigenvalue weighted by Gasteiger charge is -2.10. The zero-order chi connectivity index (χ0) is 19.3. The molecule has 4 rings (SSSR count). The first kappa shape index (κ1) is 18.0. The Morgan fingerprint density at radius 2 is 1.75 bits per heavy atom. The molecular weight excluding hydrogens is 354 g/mol. The van der Waals surface area contributed by atoms with Crippen molar-refractivity contribution in [3.8, 4) is 0 Å². The van der Waals surface area contributed by atoms with Crippen LogP contribution in [0.25, 0.3) is 0 Å². The minimum Gasteiger partial charge on any atom is -0.360 e. The molecule has 6 nitrogen and oxygen atoms in total. The third-order valence-electron chi connectivity index (χ3n) is 4.70. The largest absolute Gasteiger partial charge is 0.360 e. The fourth-order valence-corrected chi connectivity index (χ4v) is 2.99. The van der Waals surface area contributed by atoms with Crippen molar-refractivity contribution >= 4 is 17.5 Å². The number of anilines is 1. The Labute approximate surface area is 162 Å². The van der Waals surface area contributed by atoms with E-state index in [9.17, 15) is 9.59 Å². The van der Waals surface area contributed by atoms with Crippen LogP contribution in [0.5, 0.6) is 0 Å². The number of hydrogen-bond donors (Lipinski definition) is 2. The van der Waals surface area contributed by atoms with E-state index in [4.69, 9.17) is 4.52 Å². The molecule has 0 saturated heterocycles. The molecular formula is C22H21N3O3. The molecule has 1 aliphatic carbocycles. The summed E-state index contributed by atoms with van der Waals surface area (Å²) in [6, 6.07) is 18.6. The summed E-state index contributed by atoms with van der Waals surface area (Å²) in [4.78, 5) is 25.1. The smallest absolute Gasteiger partial charge is 0.277 e. The first-order valence-electron chi connectivity index (χ1n) is 9.40. The van der Waals surface area contributed by atoms with Gasteiger partial charge in [-0.1, -0.05) is 47.6 Å². The third kappa shape index (κ3) is 4.28. The standard InChI is InChI=1S/C22H21N3O3/c26-21(23-13-12-15-6-2-1-3-7-15)17-8-4-5-9-18(17)24-22(27)19-14-20(28-25-19)16-10-11-16/h1-9,14,16H,10-13H2,(H,23,26)(H,24,27). The van der Waals surface area contributed by atoms with E-state index in [1.54, 1.807) is 30.3 Å².